The molecule has 0 spiro atoms. The third-order valence-electron chi connectivity index (χ3n) is 3.86. The predicted molar refractivity (Wildman–Crippen MR) is 78.3 cm³/mol. The molecule has 1 aromatic carbocycles. The van der Waals surface area contributed by atoms with E-state index in [2.05, 4.69) is 59.0 Å². The van der Waals surface area contributed by atoms with E-state index in [1.165, 1.54) is 45.0 Å². The highest BCUT2D eigenvalue weighted by atomic mass is 15.3. The van der Waals surface area contributed by atoms with E-state index in [1.807, 2.05) is 0 Å². The van der Waals surface area contributed by atoms with Crippen LogP contribution in [0.2, 0.25) is 0 Å². The lowest BCUT2D eigenvalue weighted by atomic mass is 10.3. The molecule has 18 heavy (non-hydrogen) atoms. The highest BCUT2D eigenvalue weighted by molar-refractivity contribution is 5.44. The fourth-order valence-electron chi connectivity index (χ4n) is 2.43. The highest BCUT2D eigenvalue weighted by Gasteiger charge is 2.15. The van der Waals surface area contributed by atoms with Gasteiger partial charge in [-0.1, -0.05) is 25.1 Å². The predicted octanol–water partition coefficient (Wildman–Crippen LogP) is 1.76. The first-order chi connectivity index (χ1) is 8.79. The van der Waals surface area contributed by atoms with Gasteiger partial charge < -0.3 is 9.80 Å². The Morgan fingerprint density at radius 1 is 1.00 bits per heavy atom. The molecule has 1 aromatic rings. The van der Waals surface area contributed by atoms with Crippen LogP contribution in [0.15, 0.2) is 30.3 Å². The summed E-state index contributed by atoms with van der Waals surface area (Å²) in [5, 5.41) is 0. The lowest BCUT2D eigenvalue weighted by Crippen LogP contribution is -2.48. The van der Waals surface area contributed by atoms with Gasteiger partial charge in [0.05, 0.1) is 0 Å². The van der Waals surface area contributed by atoms with E-state index in [1.54, 1.807) is 0 Å². The fourth-order valence-corrected chi connectivity index (χ4v) is 2.43. The van der Waals surface area contributed by atoms with Crippen molar-refractivity contribution in [3.05, 3.63) is 30.3 Å². The molecule has 0 atom stereocenters. The van der Waals surface area contributed by atoms with E-state index in [9.17, 15) is 0 Å². The summed E-state index contributed by atoms with van der Waals surface area (Å²) in [6.45, 7) is 10.6. The van der Waals surface area contributed by atoms with Crippen LogP contribution in [0.4, 0.5) is 5.69 Å². The second kappa shape index (κ2) is 6.76. The lowest BCUT2D eigenvalue weighted by Gasteiger charge is -2.35. The van der Waals surface area contributed by atoms with E-state index < -0.39 is 0 Å². The van der Waals surface area contributed by atoms with Crippen molar-refractivity contribution in [2.75, 3.05) is 57.8 Å². The summed E-state index contributed by atoms with van der Waals surface area (Å²) in [5.41, 5.74) is 1.31. The molecule has 3 heteroatoms. The van der Waals surface area contributed by atoms with Gasteiger partial charge in [-0.3, -0.25) is 4.90 Å². The van der Waals surface area contributed by atoms with E-state index in [-0.39, 0.29) is 0 Å². The van der Waals surface area contributed by atoms with Crippen molar-refractivity contribution in [1.82, 2.24) is 9.80 Å². The second-order valence-corrected chi connectivity index (χ2v) is 5.03. The molecule has 1 saturated heterocycles. The van der Waals surface area contributed by atoms with Crippen LogP contribution in [0.1, 0.15) is 6.92 Å². The normalized spacial score (nSPS) is 17.9. The van der Waals surface area contributed by atoms with Crippen molar-refractivity contribution in [2.45, 2.75) is 6.92 Å². The Morgan fingerprint density at radius 3 is 2.22 bits per heavy atom. The van der Waals surface area contributed by atoms with Gasteiger partial charge in [0.25, 0.3) is 0 Å². The molecular weight excluding hydrogens is 222 g/mol. The van der Waals surface area contributed by atoms with Crippen molar-refractivity contribution in [1.29, 1.82) is 0 Å². The summed E-state index contributed by atoms with van der Waals surface area (Å²) in [7, 11) is 2.18. The largest absolute Gasteiger partial charge is 0.373 e. The molecule has 0 bridgehead atoms. The Balaban J connectivity index is 1.72. The zero-order chi connectivity index (χ0) is 12.8. The maximum atomic E-state index is 2.58. The van der Waals surface area contributed by atoms with E-state index >= 15 is 0 Å². The molecule has 0 aromatic heterocycles. The number of hydrogen-bond acceptors (Lipinski definition) is 3. The first-order valence-corrected chi connectivity index (χ1v) is 7.00. The summed E-state index contributed by atoms with van der Waals surface area (Å²) < 4.78 is 0. The maximum absolute atomic E-state index is 2.58. The van der Waals surface area contributed by atoms with Gasteiger partial charge in [-0.15, -0.1) is 0 Å². The van der Waals surface area contributed by atoms with Gasteiger partial charge in [0.2, 0.25) is 0 Å². The minimum Gasteiger partial charge on any atom is -0.373 e. The first-order valence-electron chi connectivity index (χ1n) is 7.00. The van der Waals surface area contributed by atoms with Crippen molar-refractivity contribution in [2.24, 2.45) is 0 Å². The smallest absolute Gasteiger partial charge is 0.0364 e. The molecule has 0 saturated carbocycles. The van der Waals surface area contributed by atoms with Gasteiger partial charge in [0, 0.05) is 52.0 Å². The molecule has 0 aliphatic carbocycles. The van der Waals surface area contributed by atoms with Gasteiger partial charge in [0.15, 0.2) is 0 Å². The van der Waals surface area contributed by atoms with Gasteiger partial charge in [0.1, 0.15) is 0 Å². The van der Waals surface area contributed by atoms with Crippen LogP contribution in [0.25, 0.3) is 0 Å². The van der Waals surface area contributed by atoms with Gasteiger partial charge in [-0.05, 0) is 18.7 Å². The zero-order valence-corrected chi connectivity index (χ0v) is 11.7. The number of anilines is 1. The number of benzene rings is 1. The zero-order valence-electron chi connectivity index (χ0n) is 11.7. The van der Waals surface area contributed by atoms with E-state index in [0.29, 0.717) is 0 Å². The van der Waals surface area contributed by atoms with Crippen molar-refractivity contribution >= 4 is 5.69 Å². The molecule has 0 amide bonds. The monoisotopic (exact) mass is 247 g/mol. The summed E-state index contributed by atoms with van der Waals surface area (Å²) in [6, 6.07) is 10.6. The molecule has 2 rings (SSSR count). The standard InChI is InChI=1S/C15H25N3/c1-3-17-11-13-18(14-12-17)10-9-16(2)15-7-5-4-6-8-15/h4-8H,3,9-14H2,1-2H3. The van der Waals surface area contributed by atoms with Crippen LogP contribution >= 0.6 is 0 Å². The highest BCUT2D eigenvalue weighted by Crippen LogP contribution is 2.10. The number of rotatable bonds is 5. The Bertz CT molecular complexity index is 331. The third-order valence-corrected chi connectivity index (χ3v) is 3.86. The summed E-state index contributed by atoms with van der Waals surface area (Å²) in [4.78, 5) is 7.44. The van der Waals surface area contributed by atoms with Crippen LogP contribution in [0.3, 0.4) is 0 Å². The molecular formula is C15H25N3. The number of likely N-dealkylation sites (N-methyl/N-ethyl adjacent to an activating group) is 2. The quantitative estimate of drug-likeness (QED) is 0.785. The molecule has 1 fully saturated rings. The first kappa shape index (κ1) is 13.4. The third kappa shape index (κ3) is 3.72. The van der Waals surface area contributed by atoms with E-state index in [0.717, 1.165) is 6.54 Å². The molecule has 0 N–H and O–H groups in total. The fraction of sp³-hybridized carbons (Fsp3) is 0.600. The minimum atomic E-state index is 1.11. The topological polar surface area (TPSA) is 9.72 Å². The summed E-state index contributed by atoms with van der Waals surface area (Å²) in [6.07, 6.45) is 0. The van der Waals surface area contributed by atoms with Gasteiger partial charge in [-0.25, -0.2) is 0 Å². The number of piperazine rings is 1. The number of nitrogens with zero attached hydrogens (tertiary/aromatic N) is 3. The van der Waals surface area contributed by atoms with Crippen LogP contribution in [-0.4, -0.2) is 62.7 Å². The molecule has 100 valence electrons. The average molecular weight is 247 g/mol. The van der Waals surface area contributed by atoms with Crippen LogP contribution in [0, 0.1) is 0 Å². The second-order valence-electron chi connectivity index (χ2n) is 5.03. The molecule has 0 unspecified atom stereocenters. The van der Waals surface area contributed by atoms with Crippen molar-refractivity contribution < 1.29 is 0 Å². The van der Waals surface area contributed by atoms with Crippen LogP contribution < -0.4 is 4.90 Å². The molecule has 0 radical (unpaired) electrons. The van der Waals surface area contributed by atoms with Crippen LogP contribution in [-0.2, 0) is 0 Å². The molecule has 1 aliphatic heterocycles. The van der Waals surface area contributed by atoms with Crippen LogP contribution in [0.5, 0.6) is 0 Å². The Hall–Kier alpha value is -1.06. The van der Waals surface area contributed by atoms with Crippen molar-refractivity contribution in [3.63, 3.8) is 0 Å². The maximum Gasteiger partial charge on any atom is 0.0364 e. The Kier molecular flexibility index (Phi) is 5.02. The summed E-state index contributed by atoms with van der Waals surface area (Å²) >= 11 is 0. The van der Waals surface area contributed by atoms with Gasteiger partial charge >= 0.3 is 0 Å². The van der Waals surface area contributed by atoms with Gasteiger partial charge in [-0.2, -0.15) is 0 Å². The SMILES string of the molecule is CCN1CCN(CCN(C)c2ccccc2)CC1. The van der Waals surface area contributed by atoms with Crippen molar-refractivity contribution in [3.8, 4) is 0 Å². The minimum absolute atomic E-state index is 1.11. The number of hydrogen-bond donors (Lipinski definition) is 0. The molecule has 1 heterocycles. The number of para-hydroxylation sites is 1. The molecule has 1 aliphatic rings. The molecule has 3 nitrogen and oxygen atoms in total. The average Bonchev–Trinajstić information content (AvgIpc) is 2.46. The lowest BCUT2D eigenvalue weighted by molar-refractivity contribution is 0.140. The Labute approximate surface area is 111 Å². The van der Waals surface area contributed by atoms with E-state index in [4.69, 9.17) is 0 Å². The summed E-state index contributed by atoms with van der Waals surface area (Å²) in [5.74, 6) is 0. The Morgan fingerprint density at radius 2 is 1.61 bits per heavy atom.